The predicted molar refractivity (Wildman–Crippen MR) is 156 cm³/mol. The number of carbonyl (C=O) groups is 1. The van der Waals surface area contributed by atoms with Crippen LogP contribution in [0.1, 0.15) is 35.1 Å². The zero-order valence-corrected chi connectivity index (χ0v) is 23.5. The lowest BCUT2D eigenvalue weighted by Crippen LogP contribution is -2.31. The smallest absolute Gasteiger partial charge is 0.337 e. The average molecular weight is 574 g/mol. The Bertz CT molecular complexity index is 1670. The molecule has 1 aliphatic heterocycles. The van der Waals surface area contributed by atoms with Crippen LogP contribution in [0, 0.1) is 5.82 Å². The van der Waals surface area contributed by atoms with Crippen molar-refractivity contribution >= 4 is 29.2 Å². The molecule has 0 amide bonds. The van der Waals surface area contributed by atoms with Crippen molar-refractivity contribution in [3.8, 4) is 11.5 Å². The molecule has 1 atom stereocenters. The minimum absolute atomic E-state index is 0.149. The summed E-state index contributed by atoms with van der Waals surface area (Å²) in [6.07, 6.45) is 0. The number of rotatable bonds is 9. The van der Waals surface area contributed by atoms with Crippen LogP contribution in [0.2, 0.25) is 0 Å². The number of benzene rings is 3. The first-order valence-electron chi connectivity index (χ1n) is 12.9. The van der Waals surface area contributed by atoms with Crippen molar-refractivity contribution in [2.75, 3.05) is 26.1 Å². The number of halogens is 1. The van der Waals surface area contributed by atoms with Crippen molar-refractivity contribution in [2.45, 2.75) is 23.8 Å². The SMILES string of the molecule is CCOC(=O)C1=C(c2ccccc2)Nc2nc(SCc3ccccc3F)[nH]c(=O)c2C1c1ccc(OC)c(OC)c1. The molecule has 8 nitrogen and oxygen atoms in total. The molecular weight excluding hydrogens is 545 g/mol. The van der Waals surface area contributed by atoms with Gasteiger partial charge in [0.25, 0.3) is 5.56 Å². The molecule has 210 valence electrons. The van der Waals surface area contributed by atoms with Gasteiger partial charge in [-0.15, -0.1) is 0 Å². The van der Waals surface area contributed by atoms with E-state index in [0.717, 1.165) is 0 Å². The highest BCUT2D eigenvalue weighted by atomic mass is 32.2. The van der Waals surface area contributed by atoms with Gasteiger partial charge in [0.1, 0.15) is 11.6 Å². The second kappa shape index (κ2) is 12.3. The Morgan fingerprint density at radius 3 is 2.44 bits per heavy atom. The number of thioether (sulfide) groups is 1. The standard InChI is InChI=1S/C31H28FN3O5S/c1-4-40-30(37)25-24(19-14-15-22(38-2)23(16-19)39-3)26-28(33-27(25)18-10-6-5-7-11-18)34-31(35-29(26)36)41-17-20-12-8-9-13-21(20)32/h5-16,24H,4,17H2,1-3H3,(H2,33,34,35,36). The van der Waals surface area contributed by atoms with Crippen LogP contribution in [0.15, 0.2) is 88.3 Å². The van der Waals surface area contributed by atoms with Crippen LogP contribution in [0.3, 0.4) is 0 Å². The number of aromatic nitrogens is 2. The van der Waals surface area contributed by atoms with E-state index in [0.29, 0.717) is 39.0 Å². The van der Waals surface area contributed by atoms with Gasteiger partial charge in [0.05, 0.1) is 43.6 Å². The number of fused-ring (bicyclic) bond motifs is 1. The Morgan fingerprint density at radius 2 is 1.73 bits per heavy atom. The third kappa shape index (κ3) is 5.69. The van der Waals surface area contributed by atoms with E-state index < -0.39 is 17.4 Å². The summed E-state index contributed by atoms with van der Waals surface area (Å²) in [5.74, 6) is -0.248. The van der Waals surface area contributed by atoms with Gasteiger partial charge in [-0.05, 0) is 41.8 Å². The molecule has 0 bridgehead atoms. The third-order valence-corrected chi connectivity index (χ3v) is 7.57. The zero-order chi connectivity index (χ0) is 28.9. The fraction of sp³-hybridized carbons (Fsp3) is 0.194. The van der Waals surface area contributed by atoms with Gasteiger partial charge in [0, 0.05) is 5.75 Å². The summed E-state index contributed by atoms with van der Waals surface area (Å²) < 4.78 is 30.7. The second-order valence-corrected chi connectivity index (χ2v) is 10.0. The number of hydrogen-bond donors (Lipinski definition) is 2. The number of nitrogens with one attached hydrogen (secondary N) is 2. The van der Waals surface area contributed by atoms with Crippen molar-refractivity contribution in [3.05, 3.63) is 117 Å². The van der Waals surface area contributed by atoms with Crippen LogP contribution >= 0.6 is 11.8 Å². The molecule has 3 aromatic carbocycles. The Morgan fingerprint density at radius 1 is 1.00 bits per heavy atom. The normalized spacial score (nSPS) is 14.2. The second-order valence-electron chi connectivity index (χ2n) is 9.06. The van der Waals surface area contributed by atoms with E-state index in [4.69, 9.17) is 19.2 Å². The highest BCUT2D eigenvalue weighted by Crippen LogP contribution is 2.44. The molecule has 1 aliphatic rings. The van der Waals surface area contributed by atoms with E-state index in [1.54, 1.807) is 43.3 Å². The van der Waals surface area contributed by atoms with Gasteiger partial charge >= 0.3 is 5.97 Å². The van der Waals surface area contributed by atoms with Gasteiger partial charge in [-0.2, -0.15) is 0 Å². The van der Waals surface area contributed by atoms with Crippen molar-refractivity contribution in [1.29, 1.82) is 0 Å². The summed E-state index contributed by atoms with van der Waals surface area (Å²) in [6, 6.07) is 21.0. The summed E-state index contributed by atoms with van der Waals surface area (Å²) in [6.45, 7) is 1.87. The molecule has 0 aliphatic carbocycles. The van der Waals surface area contributed by atoms with E-state index >= 15 is 0 Å². The maximum atomic E-state index is 14.2. The van der Waals surface area contributed by atoms with Crippen molar-refractivity contribution in [2.24, 2.45) is 0 Å². The Hall–Kier alpha value is -4.57. The fourth-order valence-electron chi connectivity index (χ4n) is 4.76. The van der Waals surface area contributed by atoms with Crippen LogP contribution in [-0.4, -0.2) is 36.8 Å². The van der Waals surface area contributed by atoms with Crippen molar-refractivity contribution < 1.29 is 23.4 Å². The third-order valence-electron chi connectivity index (χ3n) is 6.64. The van der Waals surface area contributed by atoms with Crippen molar-refractivity contribution in [1.82, 2.24) is 9.97 Å². The first-order chi connectivity index (χ1) is 19.9. The lowest BCUT2D eigenvalue weighted by atomic mass is 9.81. The molecule has 1 aromatic heterocycles. The summed E-state index contributed by atoms with van der Waals surface area (Å²) in [5, 5.41) is 3.56. The van der Waals surface area contributed by atoms with Gasteiger partial charge in [0.2, 0.25) is 0 Å². The summed E-state index contributed by atoms with van der Waals surface area (Å²) in [5.41, 5.74) is 2.36. The molecule has 10 heteroatoms. The molecule has 4 aromatic rings. The number of carbonyl (C=O) groups excluding carboxylic acids is 1. The fourth-order valence-corrected chi connectivity index (χ4v) is 5.60. The summed E-state index contributed by atoms with van der Waals surface area (Å²) in [4.78, 5) is 34.9. The van der Waals surface area contributed by atoms with Crippen LogP contribution in [0.4, 0.5) is 10.2 Å². The van der Waals surface area contributed by atoms with Gasteiger partial charge < -0.3 is 24.5 Å². The molecule has 5 rings (SSSR count). The first kappa shape index (κ1) is 28.0. The number of methoxy groups -OCH3 is 2. The Balaban J connectivity index is 1.69. The largest absolute Gasteiger partial charge is 0.493 e. The van der Waals surface area contributed by atoms with Crippen LogP contribution in [-0.2, 0) is 15.3 Å². The Kier molecular flexibility index (Phi) is 8.39. The predicted octanol–water partition coefficient (Wildman–Crippen LogP) is 5.75. The van der Waals surface area contributed by atoms with Crippen LogP contribution in [0.5, 0.6) is 11.5 Å². The molecule has 2 N–H and O–H groups in total. The van der Waals surface area contributed by atoms with Gasteiger partial charge in [0.15, 0.2) is 16.7 Å². The maximum absolute atomic E-state index is 14.2. The quantitative estimate of drug-likeness (QED) is 0.148. The minimum atomic E-state index is -0.845. The van der Waals surface area contributed by atoms with Gasteiger partial charge in [-0.25, -0.2) is 14.2 Å². The molecule has 1 unspecified atom stereocenters. The first-order valence-corrected chi connectivity index (χ1v) is 13.9. The van der Waals surface area contributed by atoms with E-state index in [2.05, 4.69) is 10.3 Å². The molecule has 41 heavy (non-hydrogen) atoms. The highest BCUT2D eigenvalue weighted by Gasteiger charge is 2.38. The van der Waals surface area contributed by atoms with Crippen LogP contribution < -0.4 is 20.3 Å². The molecule has 0 radical (unpaired) electrons. The number of nitrogens with zero attached hydrogens (tertiary/aromatic N) is 1. The van der Waals surface area contributed by atoms with Gasteiger partial charge in [-0.1, -0.05) is 66.4 Å². The minimum Gasteiger partial charge on any atom is -0.493 e. The number of hydrogen-bond acceptors (Lipinski definition) is 8. The Labute approximate surface area is 240 Å². The summed E-state index contributed by atoms with van der Waals surface area (Å²) in [7, 11) is 3.05. The van der Waals surface area contributed by atoms with Crippen LogP contribution in [0.25, 0.3) is 5.70 Å². The topological polar surface area (TPSA) is 103 Å². The number of anilines is 1. The number of H-pyrrole nitrogens is 1. The van der Waals surface area contributed by atoms with Crippen molar-refractivity contribution in [3.63, 3.8) is 0 Å². The lowest BCUT2D eigenvalue weighted by molar-refractivity contribution is -0.138. The summed E-state index contributed by atoms with van der Waals surface area (Å²) >= 11 is 1.20. The molecule has 2 heterocycles. The van der Waals surface area contributed by atoms with E-state index in [1.165, 1.54) is 32.0 Å². The number of aromatic amines is 1. The zero-order valence-electron chi connectivity index (χ0n) is 22.7. The average Bonchev–Trinajstić information content (AvgIpc) is 3.00. The van der Waals surface area contributed by atoms with E-state index in [1.807, 2.05) is 30.3 Å². The number of esters is 1. The molecule has 0 spiro atoms. The number of ether oxygens (including phenoxy) is 3. The highest BCUT2D eigenvalue weighted by molar-refractivity contribution is 7.98. The molecule has 0 saturated carbocycles. The lowest BCUT2D eigenvalue weighted by Gasteiger charge is -2.30. The maximum Gasteiger partial charge on any atom is 0.337 e. The molecular formula is C31H28FN3O5S. The molecule has 0 saturated heterocycles. The monoisotopic (exact) mass is 573 g/mol. The molecule has 0 fully saturated rings. The van der Waals surface area contributed by atoms with E-state index in [9.17, 15) is 14.0 Å². The van der Waals surface area contributed by atoms with E-state index in [-0.39, 0.29) is 35.1 Å². The van der Waals surface area contributed by atoms with Gasteiger partial charge in [-0.3, -0.25) is 4.79 Å².